The molecule has 3 amide bonds. The zero-order chi connectivity index (χ0) is 20.1. The van der Waals surface area contributed by atoms with Gasteiger partial charge in [-0.05, 0) is 48.7 Å². The summed E-state index contributed by atoms with van der Waals surface area (Å²) in [6.45, 7) is 0. The summed E-state index contributed by atoms with van der Waals surface area (Å²) < 4.78 is 14.9. The summed E-state index contributed by atoms with van der Waals surface area (Å²) in [6.07, 6.45) is 3.31. The van der Waals surface area contributed by atoms with Gasteiger partial charge in [0.1, 0.15) is 11.5 Å². The van der Waals surface area contributed by atoms with Gasteiger partial charge in [0, 0.05) is 24.1 Å². The van der Waals surface area contributed by atoms with Crippen LogP contribution >= 0.6 is 11.8 Å². The number of thioether (sulfide) groups is 1. The molecule has 0 fully saturated rings. The number of imidazole rings is 1. The molecular weight excluding hydrogens is 381 g/mol. The summed E-state index contributed by atoms with van der Waals surface area (Å²) >= 11 is 1.37. The molecule has 0 spiro atoms. The lowest BCUT2D eigenvalue weighted by Crippen LogP contribution is -2.24. The van der Waals surface area contributed by atoms with Gasteiger partial charge in [0.25, 0.3) is 5.91 Å². The number of rotatable bonds is 5. The van der Waals surface area contributed by atoms with E-state index in [1.54, 1.807) is 41.0 Å². The Morgan fingerprint density at radius 3 is 2.39 bits per heavy atom. The Labute approximate surface area is 165 Å². The Morgan fingerprint density at radius 2 is 1.75 bits per heavy atom. The molecule has 1 heterocycles. The van der Waals surface area contributed by atoms with Crippen molar-refractivity contribution < 1.29 is 14.0 Å². The van der Waals surface area contributed by atoms with Crippen LogP contribution in [0.5, 0.6) is 0 Å². The maximum Gasteiger partial charge on any atom is 0.318 e. The first kappa shape index (κ1) is 19.4. The number of carbonyl (C=O) groups excluding carboxylic acids is 2. The second-order valence-electron chi connectivity index (χ2n) is 5.68. The van der Waals surface area contributed by atoms with Gasteiger partial charge >= 0.3 is 6.03 Å². The van der Waals surface area contributed by atoms with E-state index < -0.39 is 0 Å². The monoisotopic (exact) mass is 399 g/mol. The van der Waals surface area contributed by atoms with Crippen LogP contribution in [0.1, 0.15) is 10.5 Å². The van der Waals surface area contributed by atoms with E-state index in [0.29, 0.717) is 27.9 Å². The number of hydrogen-bond donors (Lipinski definition) is 3. The van der Waals surface area contributed by atoms with E-state index in [-0.39, 0.29) is 17.8 Å². The molecule has 0 unspecified atom stereocenters. The first-order valence-corrected chi connectivity index (χ1v) is 9.52. The Hall–Kier alpha value is -3.33. The number of benzene rings is 2. The van der Waals surface area contributed by atoms with Crippen molar-refractivity contribution in [2.45, 2.75) is 5.16 Å². The molecule has 0 saturated carbocycles. The van der Waals surface area contributed by atoms with Gasteiger partial charge in [0.2, 0.25) is 0 Å². The number of amides is 3. The van der Waals surface area contributed by atoms with Crippen molar-refractivity contribution >= 4 is 35.1 Å². The van der Waals surface area contributed by atoms with Crippen LogP contribution in [0.2, 0.25) is 0 Å². The Balaban J connectivity index is 1.87. The standard InChI is InChI=1S/C19H18FN5O2S/c1-21-18(27)24-14-5-3-4-13(10-14)23-17(26)16-11-22-19(28-2)25(16)15-8-6-12(20)7-9-15/h3-11H,1-2H3,(H,23,26)(H2,21,24,27). The highest BCUT2D eigenvalue weighted by atomic mass is 32.2. The van der Waals surface area contributed by atoms with Gasteiger partial charge in [-0.1, -0.05) is 17.8 Å². The molecule has 9 heteroatoms. The fourth-order valence-electron chi connectivity index (χ4n) is 2.54. The van der Waals surface area contributed by atoms with Gasteiger partial charge in [0.15, 0.2) is 5.16 Å². The molecule has 0 atom stereocenters. The van der Waals surface area contributed by atoms with Crippen molar-refractivity contribution in [1.29, 1.82) is 0 Å². The SMILES string of the molecule is CNC(=O)Nc1cccc(NC(=O)c2cnc(SC)n2-c2ccc(F)cc2)c1. The summed E-state index contributed by atoms with van der Waals surface area (Å²) in [4.78, 5) is 28.6. The van der Waals surface area contributed by atoms with Gasteiger partial charge < -0.3 is 16.0 Å². The highest BCUT2D eigenvalue weighted by Crippen LogP contribution is 2.23. The van der Waals surface area contributed by atoms with Crippen molar-refractivity contribution in [1.82, 2.24) is 14.9 Å². The lowest BCUT2D eigenvalue weighted by molar-refractivity contribution is 0.102. The number of hydrogen-bond acceptors (Lipinski definition) is 4. The molecule has 3 aromatic rings. The predicted octanol–water partition coefficient (Wildman–Crippen LogP) is 3.74. The number of urea groups is 1. The average Bonchev–Trinajstić information content (AvgIpc) is 3.13. The van der Waals surface area contributed by atoms with Crippen LogP contribution < -0.4 is 16.0 Å². The second kappa shape index (κ2) is 8.57. The first-order chi connectivity index (χ1) is 13.5. The summed E-state index contributed by atoms with van der Waals surface area (Å²) in [6, 6.07) is 12.2. The molecule has 0 bridgehead atoms. The summed E-state index contributed by atoms with van der Waals surface area (Å²) in [5.41, 5.74) is 1.98. The Bertz CT molecular complexity index is 1000. The van der Waals surface area contributed by atoms with Gasteiger partial charge in [-0.3, -0.25) is 9.36 Å². The van der Waals surface area contributed by atoms with Crippen LogP contribution in [0.25, 0.3) is 5.69 Å². The van der Waals surface area contributed by atoms with Crippen molar-refractivity contribution in [3.63, 3.8) is 0 Å². The van der Waals surface area contributed by atoms with Gasteiger partial charge in [-0.15, -0.1) is 0 Å². The molecule has 3 rings (SSSR count). The van der Waals surface area contributed by atoms with Crippen molar-refractivity contribution in [3.8, 4) is 5.69 Å². The Kier molecular flexibility index (Phi) is 5.95. The topological polar surface area (TPSA) is 88.1 Å². The fourth-order valence-corrected chi connectivity index (χ4v) is 3.09. The van der Waals surface area contributed by atoms with Crippen LogP contribution in [0.3, 0.4) is 0 Å². The average molecular weight is 399 g/mol. The van der Waals surface area contributed by atoms with Crippen molar-refractivity contribution in [2.75, 3.05) is 23.9 Å². The highest BCUT2D eigenvalue weighted by Gasteiger charge is 2.18. The maximum atomic E-state index is 13.3. The second-order valence-corrected chi connectivity index (χ2v) is 6.45. The molecule has 0 aliphatic carbocycles. The third-order valence-electron chi connectivity index (χ3n) is 3.83. The summed E-state index contributed by atoms with van der Waals surface area (Å²) in [7, 11) is 1.51. The quantitative estimate of drug-likeness (QED) is 0.571. The third-order valence-corrected chi connectivity index (χ3v) is 4.49. The molecule has 0 radical (unpaired) electrons. The van der Waals surface area contributed by atoms with Crippen molar-refractivity contribution in [3.05, 3.63) is 66.2 Å². The van der Waals surface area contributed by atoms with Crippen LogP contribution in [0.15, 0.2) is 59.9 Å². The maximum absolute atomic E-state index is 13.3. The minimum atomic E-state index is -0.380. The number of anilines is 2. The minimum absolute atomic E-state index is 0.306. The normalized spacial score (nSPS) is 10.4. The molecular formula is C19H18FN5O2S. The van der Waals surface area contributed by atoms with Crippen molar-refractivity contribution in [2.24, 2.45) is 0 Å². The van der Waals surface area contributed by atoms with Crippen LogP contribution in [-0.4, -0.2) is 34.8 Å². The van der Waals surface area contributed by atoms with E-state index in [2.05, 4.69) is 20.9 Å². The minimum Gasteiger partial charge on any atom is -0.341 e. The van der Waals surface area contributed by atoms with Gasteiger partial charge in [0.05, 0.1) is 6.20 Å². The van der Waals surface area contributed by atoms with Crippen LogP contribution in [0.4, 0.5) is 20.6 Å². The number of aromatic nitrogens is 2. The smallest absolute Gasteiger partial charge is 0.318 e. The van der Waals surface area contributed by atoms with Crippen LogP contribution in [-0.2, 0) is 0 Å². The molecule has 0 aliphatic heterocycles. The summed E-state index contributed by atoms with van der Waals surface area (Å²) in [5, 5.41) is 8.50. The lowest BCUT2D eigenvalue weighted by atomic mass is 10.2. The molecule has 28 heavy (non-hydrogen) atoms. The third kappa shape index (κ3) is 4.32. The van der Waals surface area contributed by atoms with E-state index >= 15 is 0 Å². The predicted molar refractivity (Wildman–Crippen MR) is 108 cm³/mol. The zero-order valence-electron chi connectivity index (χ0n) is 15.2. The zero-order valence-corrected chi connectivity index (χ0v) is 16.0. The number of nitrogens with zero attached hydrogens (tertiary/aromatic N) is 2. The molecule has 3 N–H and O–H groups in total. The largest absolute Gasteiger partial charge is 0.341 e. The molecule has 0 saturated heterocycles. The number of nitrogens with one attached hydrogen (secondary N) is 3. The van der Waals surface area contributed by atoms with E-state index in [9.17, 15) is 14.0 Å². The van der Waals surface area contributed by atoms with Gasteiger partial charge in [-0.25, -0.2) is 14.2 Å². The van der Waals surface area contributed by atoms with E-state index in [0.717, 1.165) is 0 Å². The first-order valence-electron chi connectivity index (χ1n) is 8.29. The summed E-state index contributed by atoms with van der Waals surface area (Å²) in [5.74, 6) is -0.741. The number of carbonyl (C=O) groups is 2. The van der Waals surface area contributed by atoms with E-state index in [1.165, 1.54) is 37.1 Å². The Morgan fingerprint density at radius 1 is 1.07 bits per heavy atom. The molecule has 1 aromatic heterocycles. The molecule has 144 valence electrons. The van der Waals surface area contributed by atoms with Gasteiger partial charge in [-0.2, -0.15) is 0 Å². The fraction of sp³-hybridized carbons (Fsp3) is 0.105. The highest BCUT2D eigenvalue weighted by molar-refractivity contribution is 7.98. The molecule has 0 aliphatic rings. The van der Waals surface area contributed by atoms with Crippen LogP contribution in [0, 0.1) is 5.82 Å². The lowest BCUT2D eigenvalue weighted by Gasteiger charge is -2.12. The number of halogens is 1. The molecule has 7 nitrogen and oxygen atoms in total. The van der Waals surface area contributed by atoms with E-state index in [1.807, 2.05) is 6.26 Å². The molecule has 2 aromatic carbocycles. The van der Waals surface area contributed by atoms with E-state index in [4.69, 9.17) is 0 Å².